The summed E-state index contributed by atoms with van der Waals surface area (Å²) in [6, 6.07) is 45.3. The van der Waals surface area contributed by atoms with Crippen LogP contribution in [0.3, 0.4) is 0 Å². The smallest absolute Gasteiger partial charge is 0.163 e. The van der Waals surface area contributed by atoms with Gasteiger partial charge in [0, 0.05) is 41.9 Å². The highest BCUT2D eigenvalue weighted by molar-refractivity contribution is 7.26. The quantitative estimate of drug-likeness (QED) is 0.224. The highest BCUT2D eigenvalue weighted by atomic mass is 32.1. The lowest BCUT2D eigenvalue weighted by Crippen LogP contribution is -2.02. The molecule has 0 N–H and O–H groups in total. The normalized spacial score (nSPS) is 12.0. The predicted octanol–water partition coefficient (Wildman–Crippen LogP) is 9.91. The first-order valence-corrected chi connectivity index (χ1v) is 14.2. The van der Waals surface area contributed by atoms with Crippen molar-refractivity contribution in [2.75, 3.05) is 0 Å². The van der Waals surface area contributed by atoms with Gasteiger partial charge in [-0.15, -0.1) is 11.3 Å². The van der Waals surface area contributed by atoms with Gasteiger partial charge >= 0.3 is 0 Å². The molecule has 3 heterocycles. The van der Waals surface area contributed by atoms with Crippen LogP contribution in [0.15, 0.2) is 127 Å². The molecular formula is C36H21N3S. The van der Waals surface area contributed by atoms with Crippen molar-refractivity contribution in [2.24, 2.45) is 0 Å². The summed E-state index contributed by atoms with van der Waals surface area (Å²) in [5.41, 5.74) is 4.29. The molecule has 9 rings (SSSR count). The average Bonchev–Trinajstić information content (AvgIpc) is 3.55. The number of thiophene rings is 1. The molecule has 3 aromatic heterocycles. The van der Waals surface area contributed by atoms with Gasteiger partial charge in [-0.05, 0) is 53.2 Å². The molecule has 6 aromatic carbocycles. The molecule has 186 valence electrons. The third-order valence-corrected chi connectivity index (χ3v) is 9.20. The Bertz CT molecular complexity index is 2450. The zero-order valence-electron chi connectivity index (χ0n) is 21.4. The summed E-state index contributed by atoms with van der Waals surface area (Å²) in [5, 5.41) is 8.46. The van der Waals surface area contributed by atoms with Gasteiger partial charge in [-0.1, -0.05) is 84.9 Å². The number of fused-ring (bicyclic) bond motifs is 8. The number of aromatic nitrogens is 3. The minimum Gasteiger partial charge on any atom is -0.293 e. The standard InChI is InChI=1S/C36H21N3S/c1-2-11-23-21-32-29(20-22(23)10-1)24-12-4-7-18-31(24)39(32)36-27-14-3-6-17-30(27)37-35(38-36)28-16-9-15-26-25-13-5-8-19-33(25)40-34(26)28/h1-21H. The van der Waals surface area contributed by atoms with Crippen LogP contribution in [0.25, 0.3) is 80.9 Å². The van der Waals surface area contributed by atoms with Crippen LogP contribution < -0.4 is 0 Å². The molecule has 0 aliphatic rings. The molecule has 0 radical (unpaired) electrons. The van der Waals surface area contributed by atoms with Crippen molar-refractivity contribution in [1.82, 2.24) is 14.5 Å². The van der Waals surface area contributed by atoms with Gasteiger partial charge in [-0.2, -0.15) is 0 Å². The number of benzene rings is 6. The van der Waals surface area contributed by atoms with E-state index in [1.54, 1.807) is 0 Å². The third-order valence-electron chi connectivity index (χ3n) is 7.98. The van der Waals surface area contributed by atoms with E-state index in [0.717, 1.165) is 39.1 Å². The Morgan fingerprint density at radius 2 is 1.20 bits per heavy atom. The molecule has 9 aromatic rings. The maximum absolute atomic E-state index is 5.37. The lowest BCUT2D eigenvalue weighted by Gasteiger charge is -2.13. The Balaban J connectivity index is 1.42. The molecule has 0 aliphatic heterocycles. The van der Waals surface area contributed by atoms with Crippen LogP contribution in [-0.4, -0.2) is 14.5 Å². The number of hydrogen-bond donors (Lipinski definition) is 0. The number of hydrogen-bond acceptors (Lipinski definition) is 3. The van der Waals surface area contributed by atoms with Gasteiger partial charge in [0.05, 0.1) is 16.6 Å². The molecule has 40 heavy (non-hydrogen) atoms. The molecule has 0 aliphatic carbocycles. The first kappa shape index (κ1) is 21.8. The molecule has 0 unspecified atom stereocenters. The fraction of sp³-hybridized carbons (Fsp3) is 0. The predicted molar refractivity (Wildman–Crippen MR) is 170 cm³/mol. The van der Waals surface area contributed by atoms with E-state index in [0.29, 0.717) is 0 Å². The van der Waals surface area contributed by atoms with Gasteiger partial charge in [0.25, 0.3) is 0 Å². The zero-order valence-corrected chi connectivity index (χ0v) is 22.2. The second-order valence-corrected chi connectivity index (χ2v) is 11.3. The van der Waals surface area contributed by atoms with E-state index >= 15 is 0 Å². The van der Waals surface area contributed by atoms with Crippen molar-refractivity contribution in [1.29, 1.82) is 0 Å². The van der Waals surface area contributed by atoms with E-state index < -0.39 is 0 Å². The summed E-state index contributed by atoms with van der Waals surface area (Å²) in [6.07, 6.45) is 0. The Kier molecular flexibility index (Phi) is 4.48. The number of nitrogens with zero attached hydrogens (tertiary/aromatic N) is 3. The van der Waals surface area contributed by atoms with Crippen LogP contribution in [-0.2, 0) is 0 Å². The molecule has 0 bridgehead atoms. The molecule has 4 heteroatoms. The molecule has 0 spiro atoms. The minimum absolute atomic E-state index is 0.748. The monoisotopic (exact) mass is 527 g/mol. The van der Waals surface area contributed by atoms with Crippen molar-refractivity contribution < 1.29 is 0 Å². The van der Waals surface area contributed by atoms with Crippen molar-refractivity contribution in [3.8, 4) is 17.2 Å². The Hall–Kier alpha value is -5.06. The molecule has 0 atom stereocenters. The van der Waals surface area contributed by atoms with Crippen LogP contribution in [0.4, 0.5) is 0 Å². The highest BCUT2D eigenvalue weighted by Crippen LogP contribution is 2.41. The fourth-order valence-corrected chi connectivity index (χ4v) is 7.37. The first-order chi connectivity index (χ1) is 19.8. The lowest BCUT2D eigenvalue weighted by molar-refractivity contribution is 1.08. The fourth-order valence-electron chi connectivity index (χ4n) is 6.16. The van der Waals surface area contributed by atoms with E-state index in [2.05, 4.69) is 132 Å². The molecule has 0 saturated heterocycles. The van der Waals surface area contributed by atoms with E-state index in [1.807, 2.05) is 11.3 Å². The summed E-state index contributed by atoms with van der Waals surface area (Å²) >= 11 is 1.81. The molecule has 0 saturated carbocycles. The Morgan fingerprint density at radius 3 is 2.10 bits per heavy atom. The van der Waals surface area contributed by atoms with Crippen LogP contribution in [0.2, 0.25) is 0 Å². The van der Waals surface area contributed by atoms with Crippen molar-refractivity contribution >= 4 is 75.0 Å². The van der Waals surface area contributed by atoms with Gasteiger partial charge in [-0.3, -0.25) is 4.57 Å². The molecule has 3 nitrogen and oxygen atoms in total. The van der Waals surface area contributed by atoms with Gasteiger partial charge in [-0.25, -0.2) is 9.97 Å². The highest BCUT2D eigenvalue weighted by Gasteiger charge is 2.19. The van der Waals surface area contributed by atoms with E-state index in [1.165, 1.54) is 41.7 Å². The summed E-state index contributed by atoms with van der Waals surface area (Å²) in [6.45, 7) is 0. The topological polar surface area (TPSA) is 30.7 Å². The van der Waals surface area contributed by atoms with Crippen molar-refractivity contribution in [3.63, 3.8) is 0 Å². The third kappa shape index (κ3) is 3.05. The molecule has 0 amide bonds. The van der Waals surface area contributed by atoms with E-state index in [9.17, 15) is 0 Å². The molecular weight excluding hydrogens is 506 g/mol. The van der Waals surface area contributed by atoms with Crippen LogP contribution in [0, 0.1) is 0 Å². The van der Waals surface area contributed by atoms with E-state index in [-0.39, 0.29) is 0 Å². The summed E-state index contributed by atoms with van der Waals surface area (Å²) in [7, 11) is 0. The second kappa shape index (κ2) is 8.22. The Labute approximate surface area is 233 Å². The lowest BCUT2D eigenvalue weighted by atomic mass is 10.1. The second-order valence-electron chi connectivity index (χ2n) is 10.2. The first-order valence-electron chi connectivity index (χ1n) is 13.4. The number of para-hydroxylation sites is 2. The number of rotatable bonds is 2. The van der Waals surface area contributed by atoms with E-state index in [4.69, 9.17) is 9.97 Å². The maximum atomic E-state index is 5.37. The largest absolute Gasteiger partial charge is 0.293 e. The van der Waals surface area contributed by atoms with Crippen LogP contribution in [0.5, 0.6) is 0 Å². The van der Waals surface area contributed by atoms with Crippen molar-refractivity contribution in [2.45, 2.75) is 0 Å². The van der Waals surface area contributed by atoms with Crippen molar-refractivity contribution in [3.05, 3.63) is 127 Å². The van der Waals surface area contributed by atoms with Gasteiger partial charge in [0.1, 0.15) is 5.82 Å². The van der Waals surface area contributed by atoms with Gasteiger partial charge in [0.2, 0.25) is 0 Å². The van der Waals surface area contributed by atoms with Crippen LogP contribution >= 0.6 is 11.3 Å². The average molecular weight is 528 g/mol. The zero-order chi connectivity index (χ0) is 26.2. The minimum atomic E-state index is 0.748. The van der Waals surface area contributed by atoms with Crippen LogP contribution in [0.1, 0.15) is 0 Å². The molecule has 0 fully saturated rings. The van der Waals surface area contributed by atoms with Gasteiger partial charge in [0.15, 0.2) is 5.82 Å². The summed E-state index contributed by atoms with van der Waals surface area (Å²) in [4.78, 5) is 10.5. The SMILES string of the molecule is c1ccc2cc3c(cc2c1)c1ccccc1n3-c1nc(-c2cccc3c2sc2ccccc23)nc2ccccc12. The summed E-state index contributed by atoms with van der Waals surface area (Å²) < 4.78 is 4.83. The maximum Gasteiger partial charge on any atom is 0.163 e. The Morgan fingerprint density at radius 1 is 0.500 bits per heavy atom. The van der Waals surface area contributed by atoms with Gasteiger partial charge < -0.3 is 0 Å². The summed E-state index contributed by atoms with van der Waals surface area (Å²) in [5.74, 6) is 1.65.